The zero-order chi connectivity index (χ0) is 13.8. The fraction of sp³-hybridized carbons (Fsp3) is 0.250. The van der Waals surface area contributed by atoms with Gasteiger partial charge in [-0.05, 0) is 48.7 Å². The Bertz CT molecular complexity index is 551. The lowest BCUT2D eigenvalue weighted by Gasteiger charge is -2.14. The summed E-state index contributed by atoms with van der Waals surface area (Å²) < 4.78 is 14.0. The number of hydrogen-bond donors (Lipinski definition) is 1. The number of benzene rings is 2. The van der Waals surface area contributed by atoms with Crippen LogP contribution in [0, 0.1) is 12.7 Å². The molecule has 0 fully saturated rings. The first-order valence-electron chi connectivity index (χ1n) is 6.30. The van der Waals surface area contributed by atoms with Crippen LogP contribution in [0.1, 0.15) is 29.7 Å². The van der Waals surface area contributed by atoms with Crippen molar-refractivity contribution in [3.63, 3.8) is 0 Å². The molecule has 3 heteroatoms. The predicted octanol–water partition coefficient (Wildman–Crippen LogP) is 4.75. The summed E-state index contributed by atoms with van der Waals surface area (Å²) in [5.74, 6) is -0.195. The largest absolute Gasteiger partial charge is 0.306 e. The van der Waals surface area contributed by atoms with Crippen molar-refractivity contribution in [1.82, 2.24) is 5.32 Å². The maximum absolute atomic E-state index is 12.9. The van der Waals surface area contributed by atoms with E-state index in [9.17, 15) is 4.39 Å². The van der Waals surface area contributed by atoms with Crippen LogP contribution < -0.4 is 5.32 Å². The van der Waals surface area contributed by atoms with Crippen molar-refractivity contribution in [2.75, 3.05) is 0 Å². The van der Waals surface area contributed by atoms with Crippen LogP contribution in [-0.4, -0.2) is 0 Å². The monoisotopic (exact) mass is 321 g/mol. The Labute approximate surface area is 122 Å². The zero-order valence-electron chi connectivity index (χ0n) is 11.1. The average Bonchev–Trinajstić information content (AvgIpc) is 2.40. The van der Waals surface area contributed by atoms with Gasteiger partial charge >= 0.3 is 0 Å². The van der Waals surface area contributed by atoms with Crippen molar-refractivity contribution in [3.05, 3.63) is 69.4 Å². The van der Waals surface area contributed by atoms with Crippen LogP contribution in [-0.2, 0) is 6.54 Å². The number of hydrogen-bond acceptors (Lipinski definition) is 1. The van der Waals surface area contributed by atoms with E-state index in [1.807, 2.05) is 12.1 Å². The van der Waals surface area contributed by atoms with E-state index >= 15 is 0 Å². The van der Waals surface area contributed by atoms with Crippen LogP contribution in [0.4, 0.5) is 4.39 Å². The predicted molar refractivity (Wildman–Crippen MR) is 80.5 cm³/mol. The van der Waals surface area contributed by atoms with Gasteiger partial charge in [-0.15, -0.1) is 0 Å². The van der Waals surface area contributed by atoms with Crippen molar-refractivity contribution >= 4 is 15.9 Å². The Balaban J connectivity index is 1.98. The summed E-state index contributed by atoms with van der Waals surface area (Å²) in [6.45, 7) is 4.96. The van der Waals surface area contributed by atoms with Gasteiger partial charge in [0.15, 0.2) is 0 Å². The molecule has 2 aromatic carbocycles. The molecule has 0 unspecified atom stereocenters. The molecule has 0 amide bonds. The van der Waals surface area contributed by atoms with Crippen molar-refractivity contribution in [3.8, 4) is 0 Å². The molecule has 0 aliphatic heterocycles. The third kappa shape index (κ3) is 3.88. The lowest BCUT2D eigenvalue weighted by molar-refractivity contribution is 0.571. The molecule has 19 heavy (non-hydrogen) atoms. The number of halogens is 2. The smallest absolute Gasteiger partial charge is 0.123 e. The molecule has 100 valence electrons. The highest BCUT2D eigenvalue weighted by Crippen LogP contribution is 2.18. The first-order valence-corrected chi connectivity index (χ1v) is 7.09. The first kappa shape index (κ1) is 14.2. The van der Waals surface area contributed by atoms with Crippen LogP contribution in [0.25, 0.3) is 0 Å². The molecule has 0 saturated heterocycles. The minimum absolute atomic E-state index is 0.195. The van der Waals surface area contributed by atoms with E-state index in [1.54, 1.807) is 0 Å². The molecule has 1 N–H and O–H groups in total. The SMILES string of the molecule is Cc1cc(CN[C@@H](C)c2ccc(F)cc2)ccc1Br. The molecule has 0 saturated carbocycles. The molecule has 0 spiro atoms. The zero-order valence-corrected chi connectivity index (χ0v) is 12.7. The first-order chi connectivity index (χ1) is 9.06. The highest BCUT2D eigenvalue weighted by molar-refractivity contribution is 9.10. The van der Waals surface area contributed by atoms with Crippen LogP contribution >= 0.6 is 15.9 Å². The third-order valence-corrected chi connectivity index (χ3v) is 4.09. The summed E-state index contributed by atoms with van der Waals surface area (Å²) >= 11 is 3.50. The normalized spacial score (nSPS) is 12.4. The number of rotatable bonds is 4. The van der Waals surface area contributed by atoms with Gasteiger partial charge in [-0.2, -0.15) is 0 Å². The molecule has 2 rings (SSSR count). The van der Waals surface area contributed by atoms with E-state index in [0.29, 0.717) is 0 Å². The van der Waals surface area contributed by atoms with Gasteiger partial charge in [0.2, 0.25) is 0 Å². The van der Waals surface area contributed by atoms with Crippen LogP contribution in [0.2, 0.25) is 0 Å². The van der Waals surface area contributed by atoms with E-state index in [1.165, 1.54) is 23.3 Å². The maximum atomic E-state index is 12.9. The van der Waals surface area contributed by atoms with Crippen LogP contribution in [0.3, 0.4) is 0 Å². The van der Waals surface area contributed by atoms with Gasteiger partial charge in [-0.1, -0.05) is 40.2 Å². The summed E-state index contributed by atoms with van der Waals surface area (Å²) in [6.07, 6.45) is 0. The molecule has 2 aromatic rings. The second kappa shape index (κ2) is 6.31. The molecule has 0 aliphatic rings. The van der Waals surface area contributed by atoms with Crippen LogP contribution in [0.5, 0.6) is 0 Å². The van der Waals surface area contributed by atoms with E-state index in [-0.39, 0.29) is 11.9 Å². The minimum Gasteiger partial charge on any atom is -0.306 e. The van der Waals surface area contributed by atoms with Gasteiger partial charge in [-0.3, -0.25) is 0 Å². The molecule has 0 radical (unpaired) electrons. The van der Waals surface area contributed by atoms with Gasteiger partial charge in [0.05, 0.1) is 0 Å². The molecule has 1 nitrogen and oxygen atoms in total. The molecule has 0 bridgehead atoms. The number of aryl methyl sites for hydroxylation is 1. The maximum Gasteiger partial charge on any atom is 0.123 e. The highest BCUT2D eigenvalue weighted by atomic mass is 79.9. The molecule has 0 aromatic heterocycles. The Morgan fingerprint density at radius 2 is 1.84 bits per heavy atom. The average molecular weight is 322 g/mol. The van der Waals surface area contributed by atoms with Crippen LogP contribution in [0.15, 0.2) is 46.9 Å². The standard InChI is InChI=1S/C16H17BrFN/c1-11-9-13(3-8-16(11)17)10-19-12(2)14-4-6-15(18)7-5-14/h3-9,12,19H,10H2,1-2H3/t12-/m0/s1. The summed E-state index contributed by atoms with van der Waals surface area (Å²) in [4.78, 5) is 0. The van der Waals surface area contributed by atoms with Crippen molar-refractivity contribution < 1.29 is 4.39 Å². The second-order valence-corrected chi connectivity index (χ2v) is 5.59. The lowest BCUT2D eigenvalue weighted by atomic mass is 10.1. The third-order valence-electron chi connectivity index (χ3n) is 3.20. The molecule has 0 aliphatic carbocycles. The molecule has 1 atom stereocenters. The van der Waals surface area contributed by atoms with Gasteiger partial charge in [-0.25, -0.2) is 4.39 Å². The Morgan fingerprint density at radius 1 is 1.16 bits per heavy atom. The summed E-state index contributed by atoms with van der Waals surface area (Å²) in [5, 5.41) is 3.44. The Morgan fingerprint density at radius 3 is 2.47 bits per heavy atom. The molecular weight excluding hydrogens is 305 g/mol. The molecule has 0 heterocycles. The van der Waals surface area contributed by atoms with Gasteiger partial charge in [0.25, 0.3) is 0 Å². The van der Waals surface area contributed by atoms with E-state index in [0.717, 1.165) is 16.6 Å². The van der Waals surface area contributed by atoms with E-state index in [4.69, 9.17) is 0 Å². The number of nitrogens with one attached hydrogen (secondary N) is 1. The van der Waals surface area contributed by atoms with Gasteiger partial charge < -0.3 is 5.32 Å². The highest BCUT2D eigenvalue weighted by Gasteiger charge is 2.05. The van der Waals surface area contributed by atoms with Crippen molar-refractivity contribution in [2.45, 2.75) is 26.4 Å². The van der Waals surface area contributed by atoms with Gasteiger partial charge in [0.1, 0.15) is 5.82 Å². The minimum atomic E-state index is -0.195. The Hall–Kier alpha value is -1.19. The topological polar surface area (TPSA) is 12.0 Å². The fourth-order valence-electron chi connectivity index (χ4n) is 1.96. The van der Waals surface area contributed by atoms with Crippen molar-refractivity contribution in [1.29, 1.82) is 0 Å². The fourth-order valence-corrected chi connectivity index (χ4v) is 2.20. The molecular formula is C16H17BrFN. The van der Waals surface area contributed by atoms with Gasteiger partial charge in [0, 0.05) is 17.1 Å². The van der Waals surface area contributed by atoms with E-state index < -0.39 is 0 Å². The Kier molecular flexibility index (Phi) is 4.72. The second-order valence-electron chi connectivity index (χ2n) is 4.74. The summed E-state index contributed by atoms with van der Waals surface area (Å²) in [6, 6.07) is 13.2. The quantitative estimate of drug-likeness (QED) is 0.857. The summed E-state index contributed by atoms with van der Waals surface area (Å²) in [7, 11) is 0. The van der Waals surface area contributed by atoms with E-state index in [2.05, 4.69) is 53.3 Å². The summed E-state index contributed by atoms with van der Waals surface area (Å²) in [5.41, 5.74) is 3.57. The van der Waals surface area contributed by atoms with Crippen molar-refractivity contribution in [2.24, 2.45) is 0 Å². The lowest BCUT2D eigenvalue weighted by Crippen LogP contribution is -2.18.